The maximum absolute atomic E-state index is 13.9. The summed E-state index contributed by atoms with van der Waals surface area (Å²) in [6.07, 6.45) is 3.87. The van der Waals surface area contributed by atoms with Crippen LogP contribution >= 0.6 is 0 Å². The lowest BCUT2D eigenvalue weighted by atomic mass is 9.93. The van der Waals surface area contributed by atoms with Crippen LogP contribution in [0.15, 0.2) is 71.2 Å². The first-order valence-electron chi connectivity index (χ1n) is 13.4. The van der Waals surface area contributed by atoms with Gasteiger partial charge in [0.2, 0.25) is 5.95 Å². The highest BCUT2D eigenvalue weighted by Gasteiger charge is 2.17. The van der Waals surface area contributed by atoms with Crippen LogP contribution in [0.3, 0.4) is 0 Å². The molecule has 42 heavy (non-hydrogen) atoms. The number of nitrogens with one attached hydrogen (secondary N) is 2. The minimum absolute atomic E-state index is 0.0642. The number of aryl methyl sites for hydroxylation is 2. The molecule has 2 aromatic carbocycles. The molecule has 0 fully saturated rings. The highest BCUT2D eigenvalue weighted by atomic mass is 16.5. The van der Waals surface area contributed by atoms with Crippen molar-refractivity contribution in [3.05, 3.63) is 82.3 Å². The standard InChI is InChI=1S/C32H34N6O4/c1-32(2,3)17-23(18-33)29(39)36-24-9-7-20(8-10-24)11-12-38-28-22(19-35-31(34-4)37-28)15-27(30(38)40)21-13-25(41-5)16-26(14-21)42-6/h7-10,13-17,19H,11-12H2,1-6H3,(H,36,39)(H,34,35,37). The van der Waals surface area contributed by atoms with Crippen molar-refractivity contribution in [1.29, 1.82) is 5.26 Å². The van der Waals surface area contributed by atoms with Crippen molar-refractivity contribution in [2.45, 2.75) is 33.7 Å². The number of carbonyl (C=O) groups excluding carboxylic acids is 1. The molecule has 0 radical (unpaired) electrons. The van der Waals surface area contributed by atoms with Crippen molar-refractivity contribution < 1.29 is 14.3 Å². The van der Waals surface area contributed by atoms with Crippen LogP contribution in [0.25, 0.3) is 22.2 Å². The van der Waals surface area contributed by atoms with Crippen molar-refractivity contribution in [3.8, 4) is 28.7 Å². The van der Waals surface area contributed by atoms with E-state index in [-0.39, 0.29) is 16.5 Å². The van der Waals surface area contributed by atoms with Crippen molar-refractivity contribution in [1.82, 2.24) is 14.5 Å². The number of hydrogen-bond acceptors (Lipinski definition) is 8. The molecule has 1 amide bonds. The average Bonchev–Trinajstić information content (AvgIpc) is 2.98. The van der Waals surface area contributed by atoms with E-state index >= 15 is 0 Å². The molecule has 0 atom stereocenters. The summed E-state index contributed by atoms with van der Waals surface area (Å²) < 4.78 is 12.5. The summed E-state index contributed by atoms with van der Waals surface area (Å²) in [7, 11) is 4.84. The number of fused-ring (bicyclic) bond motifs is 1. The number of ether oxygens (including phenoxy) is 2. The summed E-state index contributed by atoms with van der Waals surface area (Å²) in [6, 6.07) is 16.4. The van der Waals surface area contributed by atoms with E-state index in [1.807, 2.05) is 39.0 Å². The first-order valence-corrected chi connectivity index (χ1v) is 13.4. The summed E-state index contributed by atoms with van der Waals surface area (Å²) in [5.41, 5.74) is 2.71. The van der Waals surface area contributed by atoms with Crippen LogP contribution in [0.5, 0.6) is 11.5 Å². The fourth-order valence-electron chi connectivity index (χ4n) is 4.43. The monoisotopic (exact) mass is 566 g/mol. The van der Waals surface area contributed by atoms with Gasteiger partial charge < -0.3 is 20.1 Å². The Kier molecular flexibility index (Phi) is 8.91. The Morgan fingerprint density at radius 3 is 2.31 bits per heavy atom. The number of carbonyl (C=O) groups is 1. The number of amides is 1. The van der Waals surface area contributed by atoms with Gasteiger partial charge in [-0.2, -0.15) is 10.2 Å². The largest absolute Gasteiger partial charge is 0.497 e. The minimum atomic E-state index is -0.454. The first kappa shape index (κ1) is 29.8. The number of pyridine rings is 1. The van der Waals surface area contributed by atoms with Gasteiger partial charge in [0, 0.05) is 42.5 Å². The Hall–Kier alpha value is -5.17. The van der Waals surface area contributed by atoms with Crippen LogP contribution < -0.4 is 25.7 Å². The molecule has 2 aromatic heterocycles. The number of benzene rings is 2. The Bertz CT molecular complexity index is 1720. The average molecular weight is 567 g/mol. The SMILES string of the molecule is CNc1ncc2cc(-c3cc(OC)cc(OC)c3)c(=O)n(CCc3ccc(NC(=O)C(C#N)=CC(C)(C)C)cc3)c2n1. The Labute approximate surface area is 244 Å². The topological polar surface area (TPSA) is 131 Å². The summed E-state index contributed by atoms with van der Waals surface area (Å²) in [4.78, 5) is 35.4. The Balaban J connectivity index is 1.65. The number of allylic oxidation sites excluding steroid dienone is 1. The molecular weight excluding hydrogens is 532 g/mol. The van der Waals surface area contributed by atoms with Gasteiger partial charge in [-0.1, -0.05) is 39.0 Å². The molecule has 0 aliphatic rings. The van der Waals surface area contributed by atoms with E-state index in [2.05, 4.69) is 20.6 Å². The number of nitrogens with zero attached hydrogens (tertiary/aromatic N) is 4. The van der Waals surface area contributed by atoms with E-state index in [9.17, 15) is 14.9 Å². The molecule has 0 spiro atoms. The highest BCUT2D eigenvalue weighted by molar-refractivity contribution is 6.06. The van der Waals surface area contributed by atoms with E-state index in [4.69, 9.17) is 9.47 Å². The van der Waals surface area contributed by atoms with Crippen molar-refractivity contribution in [3.63, 3.8) is 0 Å². The molecule has 4 aromatic rings. The molecule has 10 nitrogen and oxygen atoms in total. The number of hydrogen-bond donors (Lipinski definition) is 2. The molecule has 0 bridgehead atoms. The maximum atomic E-state index is 13.9. The summed E-state index contributed by atoms with van der Waals surface area (Å²) in [5, 5.41) is 15.8. The van der Waals surface area contributed by atoms with Gasteiger partial charge in [0.15, 0.2) is 0 Å². The molecule has 2 N–H and O–H groups in total. The normalized spacial score (nSPS) is 11.6. The third-order valence-electron chi connectivity index (χ3n) is 6.49. The second-order valence-corrected chi connectivity index (χ2v) is 10.8. The summed E-state index contributed by atoms with van der Waals surface area (Å²) in [5.74, 6) is 1.09. The van der Waals surface area contributed by atoms with Gasteiger partial charge in [-0.15, -0.1) is 0 Å². The zero-order chi connectivity index (χ0) is 30.4. The van der Waals surface area contributed by atoms with Crippen LogP contribution in [0, 0.1) is 16.7 Å². The van der Waals surface area contributed by atoms with E-state index in [0.29, 0.717) is 58.3 Å². The highest BCUT2D eigenvalue weighted by Crippen LogP contribution is 2.29. The molecule has 0 saturated carbocycles. The van der Waals surface area contributed by atoms with Crippen LogP contribution in [-0.2, 0) is 17.8 Å². The van der Waals surface area contributed by atoms with Gasteiger partial charge in [-0.3, -0.25) is 14.2 Å². The van der Waals surface area contributed by atoms with Crippen LogP contribution in [0.2, 0.25) is 0 Å². The van der Waals surface area contributed by atoms with Crippen molar-refractivity contribution in [2.75, 3.05) is 31.9 Å². The molecular formula is C32H34N6O4. The zero-order valence-electron chi connectivity index (χ0n) is 24.6. The third-order valence-corrected chi connectivity index (χ3v) is 6.49. The van der Waals surface area contributed by atoms with Crippen LogP contribution in [0.4, 0.5) is 11.6 Å². The molecule has 10 heteroatoms. The first-order chi connectivity index (χ1) is 20.0. The Morgan fingerprint density at radius 2 is 1.74 bits per heavy atom. The smallest absolute Gasteiger partial charge is 0.265 e. The molecule has 0 unspecified atom stereocenters. The molecule has 2 heterocycles. The summed E-state index contributed by atoms with van der Waals surface area (Å²) in [6.45, 7) is 6.13. The van der Waals surface area contributed by atoms with Crippen LogP contribution in [0.1, 0.15) is 26.3 Å². The van der Waals surface area contributed by atoms with E-state index in [1.165, 1.54) is 0 Å². The number of nitriles is 1. The second-order valence-electron chi connectivity index (χ2n) is 10.8. The van der Waals surface area contributed by atoms with E-state index in [0.717, 1.165) is 5.56 Å². The predicted molar refractivity (Wildman–Crippen MR) is 164 cm³/mol. The molecule has 4 rings (SSSR count). The van der Waals surface area contributed by atoms with Gasteiger partial charge in [0.25, 0.3) is 11.5 Å². The van der Waals surface area contributed by atoms with E-state index in [1.54, 1.807) is 74.5 Å². The number of methoxy groups -OCH3 is 2. The number of aromatic nitrogens is 3. The molecule has 0 saturated heterocycles. The lowest BCUT2D eigenvalue weighted by molar-refractivity contribution is -0.112. The van der Waals surface area contributed by atoms with E-state index < -0.39 is 5.91 Å². The number of anilines is 2. The van der Waals surface area contributed by atoms with Gasteiger partial charge >= 0.3 is 0 Å². The van der Waals surface area contributed by atoms with Crippen LogP contribution in [-0.4, -0.2) is 41.7 Å². The number of rotatable bonds is 9. The fourth-order valence-corrected chi connectivity index (χ4v) is 4.43. The quantitative estimate of drug-likeness (QED) is 0.209. The Morgan fingerprint density at radius 1 is 1.07 bits per heavy atom. The lowest BCUT2D eigenvalue weighted by Gasteiger charge is -2.15. The zero-order valence-corrected chi connectivity index (χ0v) is 24.6. The van der Waals surface area contributed by atoms with Gasteiger partial charge in [0.1, 0.15) is 28.8 Å². The fraction of sp³-hybridized carbons (Fsp3) is 0.281. The lowest BCUT2D eigenvalue weighted by Crippen LogP contribution is -2.24. The molecule has 0 aliphatic heterocycles. The predicted octanol–water partition coefficient (Wildman–Crippen LogP) is 5.19. The van der Waals surface area contributed by atoms with Gasteiger partial charge in [-0.05, 0) is 53.3 Å². The van der Waals surface area contributed by atoms with Crippen molar-refractivity contribution in [2.24, 2.45) is 5.41 Å². The molecule has 216 valence electrons. The third kappa shape index (κ3) is 6.93. The van der Waals surface area contributed by atoms with Crippen molar-refractivity contribution >= 4 is 28.6 Å². The van der Waals surface area contributed by atoms with Gasteiger partial charge in [0.05, 0.1) is 14.2 Å². The maximum Gasteiger partial charge on any atom is 0.265 e. The molecule has 0 aliphatic carbocycles. The minimum Gasteiger partial charge on any atom is -0.497 e. The summed E-state index contributed by atoms with van der Waals surface area (Å²) >= 11 is 0. The van der Waals surface area contributed by atoms with Gasteiger partial charge in [-0.25, -0.2) is 4.98 Å². The second kappa shape index (κ2) is 12.6.